The highest BCUT2D eigenvalue weighted by Gasteiger charge is 2.29. The van der Waals surface area contributed by atoms with Crippen LogP contribution in [-0.4, -0.2) is 22.5 Å². The van der Waals surface area contributed by atoms with Gasteiger partial charge in [0.1, 0.15) is 0 Å². The lowest BCUT2D eigenvalue weighted by molar-refractivity contribution is 0.0720. The van der Waals surface area contributed by atoms with Crippen molar-refractivity contribution in [3.8, 4) is 0 Å². The smallest absolute Gasteiger partial charge is 0.293 e. The molecule has 4 heteroatoms. The zero-order valence-corrected chi connectivity index (χ0v) is 12.8. The number of aromatic nitrogens is 1. The molecule has 1 aromatic heterocycles. The fraction of sp³-hybridized carbons (Fsp3) is 0.333. The van der Waals surface area contributed by atoms with Crippen molar-refractivity contribution in [2.24, 2.45) is 0 Å². The molecule has 1 heterocycles. The van der Waals surface area contributed by atoms with Gasteiger partial charge in [-0.05, 0) is 25.3 Å². The highest BCUT2D eigenvalue weighted by atomic mass is 16.5. The average molecular weight is 296 g/mol. The van der Waals surface area contributed by atoms with Gasteiger partial charge in [-0.15, -0.1) is 6.58 Å². The van der Waals surface area contributed by atoms with Crippen LogP contribution in [-0.2, 0) is 6.54 Å². The van der Waals surface area contributed by atoms with Gasteiger partial charge in [0.2, 0.25) is 5.76 Å². The van der Waals surface area contributed by atoms with E-state index >= 15 is 0 Å². The summed E-state index contributed by atoms with van der Waals surface area (Å²) in [6, 6.07) is 9.95. The number of amides is 1. The molecule has 0 saturated heterocycles. The van der Waals surface area contributed by atoms with E-state index in [1.807, 2.05) is 31.2 Å². The number of carbonyl (C=O) groups excluding carboxylic acids is 1. The second-order valence-corrected chi connectivity index (χ2v) is 5.85. The molecule has 0 spiro atoms. The lowest BCUT2D eigenvalue weighted by Gasteiger charge is -2.19. The Balaban J connectivity index is 1.74. The van der Waals surface area contributed by atoms with Gasteiger partial charge in [0.05, 0.1) is 5.69 Å². The molecule has 0 unspecified atom stereocenters. The summed E-state index contributed by atoms with van der Waals surface area (Å²) in [4.78, 5) is 14.3. The summed E-state index contributed by atoms with van der Waals surface area (Å²) in [6.07, 6.45) is 4.00. The van der Waals surface area contributed by atoms with E-state index in [9.17, 15) is 4.79 Å². The van der Waals surface area contributed by atoms with Crippen molar-refractivity contribution < 1.29 is 9.32 Å². The summed E-state index contributed by atoms with van der Waals surface area (Å²) < 4.78 is 5.24. The molecule has 0 N–H and O–H groups in total. The van der Waals surface area contributed by atoms with E-state index in [1.54, 1.807) is 17.0 Å². The van der Waals surface area contributed by atoms with Gasteiger partial charge in [-0.2, -0.15) is 0 Å². The zero-order chi connectivity index (χ0) is 15.5. The zero-order valence-electron chi connectivity index (χ0n) is 12.8. The van der Waals surface area contributed by atoms with Crippen molar-refractivity contribution in [1.29, 1.82) is 0 Å². The molecule has 2 aromatic rings. The molecule has 22 heavy (non-hydrogen) atoms. The van der Waals surface area contributed by atoms with Crippen LogP contribution < -0.4 is 0 Å². The molecule has 4 nitrogen and oxygen atoms in total. The van der Waals surface area contributed by atoms with Gasteiger partial charge in [-0.25, -0.2) is 0 Å². The highest BCUT2D eigenvalue weighted by Crippen LogP contribution is 2.39. The van der Waals surface area contributed by atoms with Crippen LogP contribution in [0.5, 0.6) is 0 Å². The summed E-state index contributed by atoms with van der Waals surface area (Å²) in [5, 5.41) is 4.01. The second-order valence-electron chi connectivity index (χ2n) is 5.85. The van der Waals surface area contributed by atoms with E-state index in [0.717, 1.165) is 24.1 Å². The quantitative estimate of drug-likeness (QED) is 0.764. The number of hydrogen-bond donors (Lipinski definition) is 0. The first-order valence-corrected chi connectivity index (χ1v) is 7.59. The van der Waals surface area contributed by atoms with Crippen molar-refractivity contribution in [3.63, 3.8) is 0 Å². The van der Waals surface area contributed by atoms with E-state index in [4.69, 9.17) is 4.52 Å². The van der Waals surface area contributed by atoms with Gasteiger partial charge in [-0.3, -0.25) is 4.79 Å². The lowest BCUT2D eigenvalue weighted by atomic mass is 10.1. The van der Waals surface area contributed by atoms with Gasteiger partial charge in [0.25, 0.3) is 5.91 Å². The standard InChI is InChI=1S/C18H20N2O2/c1-3-10-20(12-14-6-4-13(2)5-7-14)18(21)17-11-16(19-22-17)15-8-9-15/h3-7,11,15H,1,8-10,12H2,2H3. The van der Waals surface area contributed by atoms with Crippen molar-refractivity contribution in [1.82, 2.24) is 10.1 Å². The minimum absolute atomic E-state index is 0.139. The summed E-state index contributed by atoms with van der Waals surface area (Å²) in [5.74, 6) is 0.658. The number of nitrogens with zero attached hydrogens (tertiary/aromatic N) is 2. The largest absolute Gasteiger partial charge is 0.351 e. The first-order chi connectivity index (χ1) is 10.7. The van der Waals surface area contributed by atoms with E-state index in [1.165, 1.54) is 5.56 Å². The second kappa shape index (κ2) is 6.18. The average Bonchev–Trinajstić information content (AvgIpc) is 3.26. The Labute approximate surface area is 130 Å². The Morgan fingerprint density at radius 2 is 2.14 bits per heavy atom. The van der Waals surface area contributed by atoms with Crippen molar-refractivity contribution in [3.05, 3.63) is 65.6 Å². The minimum Gasteiger partial charge on any atom is -0.351 e. The molecule has 1 aromatic carbocycles. The molecule has 3 rings (SSSR count). The fourth-order valence-corrected chi connectivity index (χ4v) is 2.41. The molecule has 0 radical (unpaired) electrons. The molecule has 1 aliphatic rings. The van der Waals surface area contributed by atoms with Gasteiger partial charge in [0, 0.05) is 25.1 Å². The van der Waals surface area contributed by atoms with Crippen LogP contribution >= 0.6 is 0 Å². The number of aryl methyl sites for hydroxylation is 1. The van der Waals surface area contributed by atoms with Gasteiger partial charge < -0.3 is 9.42 Å². The van der Waals surface area contributed by atoms with Gasteiger partial charge in [-0.1, -0.05) is 41.1 Å². The summed E-state index contributed by atoms with van der Waals surface area (Å²) >= 11 is 0. The van der Waals surface area contributed by atoms with E-state index < -0.39 is 0 Å². The predicted molar refractivity (Wildman–Crippen MR) is 84.6 cm³/mol. The minimum atomic E-state index is -0.139. The third kappa shape index (κ3) is 3.27. The maximum absolute atomic E-state index is 12.6. The van der Waals surface area contributed by atoms with Crippen LogP contribution in [0, 0.1) is 6.92 Å². The molecular weight excluding hydrogens is 276 g/mol. The Kier molecular flexibility index (Phi) is 4.09. The Hall–Kier alpha value is -2.36. The van der Waals surface area contributed by atoms with Crippen LogP contribution in [0.2, 0.25) is 0 Å². The van der Waals surface area contributed by atoms with Crippen molar-refractivity contribution in [2.45, 2.75) is 32.2 Å². The maximum atomic E-state index is 12.6. The molecule has 0 bridgehead atoms. The van der Waals surface area contributed by atoms with Gasteiger partial charge >= 0.3 is 0 Å². The van der Waals surface area contributed by atoms with Crippen LogP contribution in [0.1, 0.15) is 46.1 Å². The third-order valence-corrected chi connectivity index (χ3v) is 3.87. The van der Waals surface area contributed by atoms with Crippen molar-refractivity contribution in [2.75, 3.05) is 6.54 Å². The molecule has 0 aliphatic heterocycles. The normalized spacial score (nSPS) is 13.9. The van der Waals surface area contributed by atoms with E-state index in [0.29, 0.717) is 24.8 Å². The first-order valence-electron chi connectivity index (χ1n) is 7.59. The Morgan fingerprint density at radius 3 is 2.77 bits per heavy atom. The SMILES string of the molecule is C=CCN(Cc1ccc(C)cc1)C(=O)c1cc(C2CC2)no1. The molecule has 0 atom stereocenters. The first kappa shape index (κ1) is 14.6. The number of rotatable bonds is 6. The highest BCUT2D eigenvalue weighted by molar-refractivity contribution is 5.91. The molecule has 1 aliphatic carbocycles. The molecule has 1 saturated carbocycles. The summed E-state index contributed by atoms with van der Waals surface area (Å²) in [7, 11) is 0. The van der Waals surface area contributed by atoms with E-state index in [-0.39, 0.29) is 5.91 Å². The number of benzene rings is 1. The summed E-state index contributed by atoms with van der Waals surface area (Å²) in [6.45, 7) is 6.79. The lowest BCUT2D eigenvalue weighted by Crippen LogP contribution is -2.30. The van der Waals surface area contributed by atoms with E-state index in [2.05, 4.69) is 11.7 Å². The van der Waals surface area contributed by atoms with Crippen molar-refractivity contribution >= 4 is 5.91 Å². The fourth-order valence-electron chi connectivity index (χ4n) is 2.41. The topological polar surface area (TPSA) is 46.3 Å². The number of carbonyl (C=O) groups is 1. The number of hydrogen-bond acceptors (Lipinski definition) is 3. The van der Waals surface area contributed by atoms with Crippen LogP contribution in [0.3, 0.4) is 0 Å². The maximum Gasteiger partial charge on any atom is 0.293 e. The third-order valence-electron chi connectivity index (χ3n) is 3.87. The van der Waals surface area contributed by atoms with Crippen LogP contribution in [0.4, 0.5) is 0 Å². The molecular formula is C18H20N2O2. The Morgan fingerprint density at radius 1 is 1.41 bits per heavy atom. The van der Waals surface area contributed by atoms with Crippen LogP contribution in [0.15, 0.2) is 47.5 Å². The predicted octanol–water partition coefficient (Wildman–Crippen LogP) is 3.69. The Bertz CT molecular complexity index is 669. The molecule has 114 valence electrons. The molecule has 1 amide bonds. The summed E-state index contributed by atoms with van der Waals surface area (Å²) in [5.41, 5.74) is 3.19. The van der Waals surface area contributed by atoms with Gasteiger partial charge in [0.15, 0.2) is 0 Å². The monoisotopic (exact) mass is 296 g/mol. The van der Waals surface area contributed by atoms with Crippen LogP contribution in [0.25, 0.3) is 0 Å². The molecule has 1 fully saturated rings.